The smallest absolute Gasteiger partial charge is 0.339 e. The predicted octanol–water partition coefficient (Wildman–Crippen LogP) is 2.41. The van der Waals surface area contributed by atoms with Gasteiger partial charge < -0.3 is 19.2 Å². The molecule has 1 amide bonds. The van der Waals surface area contributed by atoms with Crippen LogP contribution in [0.15, 0.2) is 28.9 Å². The first-order chi connectivity index (χ1) is 13.9. The van der Waals surface area contributed by atoms with Crippen molar-refractivity contribution in [2.45, 2.75) is 13.8 Å². The van der Waals surface area contributed by atoms with Crippen molar-refractivity contribution in [1.29, 1.82) is 0 Å². The number of rotatable bonds is 3. The maximum absolute atomic E-state index is 14.0. The van der Waals surface area contributed by atoms with Crippen LogP contribution in [0.1, 0.15) is 29.9 Å². The lowest BCUT2D eigenvalue weighted by Crippen LogP contribution is -2.48. The van der Waals surface area contributed by atoms with Crippen molar-refractivity contribution in [2.75, 3.05) is 32.7 Å². The number of hydrogen-bond donors (Lipinski definition) is 0. The monoisotopic (exact) mass is 398 g/mol. The average Bonchev–Trinajstić information content (AvgIpc) is 3.18. The molecule has 0 spiro atoms. The Balaban J connectivity index is 1.84. The molecule has 1 aromatic carbocycles. The number of halogens is 1. The second-order valence-corrected chi connectivity index (χ2v) is 7.32. The lowest BCUT2D eigenvalue weighted by Gasteiger charge is -2.34. The van der Waals surface area contributed by atoms with E-state index in [1.165, 1.54) is 12.1 Å². The third-order valence-electron chi connectivity index (χ3n) is 5.67. The number of likely N-dealkylation sites (N-methyl/N-ethyl adjacent to an activating group) is 1. The van der Waals surface area contributed by atoms with Gasteiger partial charge in [0, 0.05) is 49.7 Å². The molecule has 1 saturated heterocycles. The number of hydrogen-bond acceptors (Lipinski definition) is 5. The minimum absolute atomic E-state index is 0.132. The SMILES string of the molecule is CCN1CCN(C(=O)c2c(/C=C3/C(=O)ON=C3C)c3cc(F)ccc3n2C)CC1. The van der Waals surface area contributed by atoms with Crippen molar-refractivity contribution in [3.05, 3.63) is 40.8 Å². The van der Waals surface area contributed by atoms with E-state index in [-0.39, 0.29) is 11.5 Å². The summed E-state index contributed by atoms with van der Waals surface area (Å²) in [6.45, 7) is 7.60. The lowest BCUT2D eigenvalue weighted by molar-refractivity contribution is -0.136. The minimum atomic E-state index is -0.578. The van der Waals surface area contributed by atoms with Gasteiger partial charge in [0.1, 0.15) is 11.5 Å². The zero-order valence-electron chi connectivity index (χ0n) is 16.7. The molecular formula is C21H23FN4O3. The Hall–Kier alpha value is -3.00. The van der Waals surface area contributed by atoms with Crippen LogP contribution >= 0.6 is 0 Å². The molecule has 2 aliphatic rings. The summed E-state index contributed by atoms with van der Waals surface area (Å²) in [5.41, 5.74) is 2.35. The molecule has 1 aromatic heterocycles. The summed E-state index contributed by atoms with van der Waals surface area (Å²) < 4.78 is 15.8. The Morgan fingerprint density at radius 2 is 2.00 bits per heavy atom. The fourth-order valence-corrected chi connectivity index (χ4v) is 3.93. The molecule has 0 N–H and O–H groups in total. The highest BCUT2D eigenvalue weighted by Gasteiger charge is 2.29. The highest BCUT2D eigenvalue weighted by molar-refractivity contribution is 6.25. The quantitative estimate of drug-likeness (QED) is 0.588. The van der Waals surface area contributed by atoms with Crippen molar-refractivity contribution in [1.82, 2.24) is 14.4 Å². The molecule has 0 radical (unpaired) electrons. The maximum Gasteiger partial charge on any atom is 0.367 e. The number of benzene rings is 1. The van der Waals surface area contributed by atoms with Crippen molar-refractivity contribution in [3.63, 3.8) is 0 Å². The number of carbonyl (C=O) groups excluding carboxylic acids is 2. The Kier molecular flexibility index (Phi) is 4.96. The third-order valence-corrected chi connectivity index (χ3v) is 5.67. The van der Waals surface area contributed by atoms with Crippen molar-refractivity contribution < 1.29 is 18.8 Å². The van der Waals surface area contributed by atoms with Crippen LogP contribution in [0.4, 0.5) is 4.39 Å². The zero-order valence-corrected chi connectivity index (χ0v) is 16.7. The van der Waals surface area contributed by atoms with Crippen molar-refractivity contribution in [2.24, 2.45) is 12.2 Å². The number of fused-ring (bicyclic) bond motifs is 1. The summed E-state index contributed by atoms with van der Waals surface area (Å²) in [6.07, 6.45) is 1.59. The first kappa shape index (κ1) is 19.3. The third kappa shape index (κ3) is 3.33. The van der Waals surface area contributed by atoms with Gasteiger partial charge in [0.2, 0.25) is 0 Å². The van der Waals surface area contributed by atoms with Gasteiger partial charge in [0.15, 0.2) is 0 Å². The summed E-state index contributed by atoms with van der Waals surface area (Å²) in [5, 5.41) is 4.27. The topological polar surface area (TPSA) is 67.1 Å². The van der Waals surface area contributed by atoms with Crippen molar-refractivity contribution in [3.8, 4) is 0 Å². The molecule has 3 heterocycles. The molecule has 29 heavy (non-hydrogen) atoms. The van der Waals surface area contributed by atoms with Crippen LogP contribution in [-0.4, -0.2) is 64.7 Å². The first-order valence-corrected chi connectivity index (χ1v) is 9.68. The van der Waals surface area contributed by atoms with Crippen LogP contribution in [0, 0.1) is 5.82 Å². The number of piperazine rings is 1. The minimum Gasteiger partial charge on any atom is -0.339 e. The van der Waals surface area contributed by atoms with Crippen LogP contribution in [0.3, 0.4) is 0 Å². The standard InChI is InChI=1S/C21H23FN4O3/c1-4-25-7-9-26(10-8-25)20(27)19-17(12-15-13(2)23-29-21(15)28)16-11-14(22)5-6-18(16)24(19)3/h5-6,11-12H,4,7-10H2,1-3H3/b15-12+. The second kappa shape index (κ2) is 7.44. The molecule has 4 rings (SSSR count). The lowest BCUT2D eigenvalue weighted by atomic mass is 10.0. The van der Waals surface area contributed by atoms with Gasteiger partial charge in [-0.3, -0.25) is 4.79 Å². The van der Waals surface area contributed by atoms with Crippen LogP contribution in [0.2, 0.25) is 0 Å². The number of amides is 1. The summed E-state index contributed by atoms with van der Waals surface area (Å²) in [5.74, 6) is -1.11. The van der Waals surface area contributed by atoms with Gasteiger partial charge in [0.25, 0.3) is 5.91 Å². The van der Waals surface area contributed by atoms with E-state index in [1.54, 1.807) is 30.7 Å². The first-order valence-electron chi connectivity index (χ1n) is 9.68. The Bertz CT molecular complexity index is 1060. The van der Waals surface area contributed by atoms with E-state index >= 15 is 0 Å². The second-order valence-electron chi connectivity index (χ2n) is 7.32. The van der Waals surface area contributed by atoms with Gasteiger partial charge in [-0.25, -0.2) is 9.18 Å². The zero-order chi connectivity index (χ0) is 20.7. The van der Waals surface area contributed by atoms with E-state index in [1.807, 2.05) is 4.90 Å². The normalized spacial score (nSPS) is 19.2. The molecule has 2 aromatic rings. The van der Waals surface area contributed by atoms with E-state index in [9.17, 15) is 14.0 Å². The van der Waals surface area contributed by atoms with Gasteiger partial charge in [-0.15, -0.1) is 0 Å². The Morgan fingerprint density at radius 1 is 1.28 bits per heavy atom. The van der Waals surface area contributed by atoms with Gasteiger partial charge in [0.05, 0.1) is 11.3 Å². The average molecular weight is 398 g/mol. The number of aromatic nitrogens is 1. The van der Waals surface area contributed by atoms with E-state index in [2.05, 4.69) is 17.0 Å². The summed E-state index contributed by atoms with van der Waals surface area (Å²) >= 11 is 0. The molecule has 2 aliphatic heterocycles. The number of aryl methyl sites for hydroxylation is 1. The molecule has 1 fully saturated rings. The van der Waals surface area contributed by atoms with E-state index < -0.39 is 11.8 Å². The molecule has 0 unspecified atom stereocenters. The summed E-state index contributed by atoms with van der Waals surface area (Å²) in [7, 11) is 1.78. The number of nitrogens with zero attached hydrogens (tertiary/aromatic N) is 4. The van der Waals surface area contributed by atoms with Crippen molar-refractivity contribution >= 4 is 34.6 Å². The molecule has 0 atom stereocenters. The van der Waals surface area contributed by atoms with Crippen LogP contribution < -0.4 is 0 Å². The fraction of sp³-hybridized carbons (Fsp3) is 0.381. The molecule has 0 bridgehead atoms. The molecule has 0 aliphatic carbocycles. The molecule has 7 nitrogen and oxygen atoms in total. The largest absolute Gasteiger partial charge is 0.367 e. The summed E-state index contributed by atoms with van der Waals surface area (Å²) in [6, 6.07) is 4.40. The summed E-state index contributed by atoms with van der Waals surface area (Å²) in [4.78, 5) is 34.3. The Morgan fingerprint density at radius 3 is 2.62 bits per heavy atom. The van der Waals surface area contributed by atoms with E-state index in [0.717, 1.165) is 25.2 Å². The number of carbonyl (C=O) groups is 2. The fourth-order valence-electron chi connectivity index (χ4n) is 3.93. The highest BCUT2D eigenvalue weighted by atomic mass is 19.1. The molecule has 0 saturated carbocycles. The van der Waals surface area contributed by atoms with Gasteiger partial charge in [-0.1, -0.05) is 12.1 Å². The van der Waals surface area contributed by atoms with Crippen LogP contribution in [-0.2, 0) is 16.7 Å². The molecule has 8 heteroatoms. The van der Waals surface area contributed by atoms with Gasteiger partial charge in [-0.2, -0.15) is 0 Å². The van der Waals surface area contributed by atoms with Crippen LogP contribution in [0.5, 0.6) is 0 Å². The predicted molar refractivity (Wildman–Crippen MR) is 108 cm³/mol. The van der Waals surface area contributed by atoms with Crippen LogP contribution in [0.25, 0.3) is 17.0 Å². The van der Waals surface area contributed by atoms with E-state index in [0.29, 0.717) is 35.4 Å². The molecule has 152 valence electrons. The van der Waals surface area contributed by atoms with Gasteiger partial charge in [-0.05, 0) is 37.7 Å². The van der Waals surface area contributed by atoms with E-state index in [4.69, 9.17) is 4.84 Å². The number of oxime groups is 1. The highest BCUT2D eigenvalue weighted by Crippen LogP contribution is 2.30. The van der Waals surface area contributed by atoms with Gasteiger partial charge >= 0.3 is 5.97 Å². The Labute approximate surface area is 168 Å². The maximum atomic E-state index is 14.0. The molecular weight excluding hydrogens is 375 g/mol.